The first kappa shape index (κ1) is 12.6. The van der Waals surface area contributed by atoms with Crippen LogP contribution in [0.4, 0.5) is 4.39 Å². The monoisotopic (exact) mass is 322 g/mol. The summed E-state index contributed by atoms with van der Waals surface area (Å²) in [5.41, 5.74) is 1.66. The Kier molecular flexibility index (Phi) is 3.29. The molecule has 0 saturated carbocycles. The number of benzene rings is 2. The SMILES string of the molecule is OC1CC(c2ccc(F)cc2)Oc2cc(Br)ccc21. The van der Waals surface area contributed by atoms with E-state index in [-0.39, 0.29) is 11.9 Å². The minimum absolute atomic E-state index is 0.252. The van der Waals surface area contributed by atoms with Crippen molar-refractivity contribution in [3.63, 3.8) is 0 Å². The van der Waals surface area contributed by atoms with Crippen molar-refractivity contribution in [1.82, 2.24) is 0 Å². The molecule has 2 atom stereocenters. The van der Waals surface area contributed by atoms with Crippen molar-refractivity contribution in [1.29, 1.82) is 0 Å². The topological polar surface area (TPSA) is 29.5 Å². The Morgan fingerprint density at radius 1 is 1.16 bits per heavy atom. The third-order valence-corrected chi connectivity index (χ3v) is 3.78. The van der Waals surface area contributed by atoms with Gasteiger partial charge in [-0.25, -0.2) is 4.39 Å². The number of hydrogen-bond donors (Lipinski definition) is 1. The smallest absolute Gasteiger partial charge is 0.127 e. The molecule has 2 aromatic rings. The molecule has 2 nitrogen and oxygen atoms in total. The molecule has 3 rings (SSSR count). The molecule has 0 saturated heterocycles. The Labute approximate surface area is 119 Å². The maximum absolute atomic E-state index is 12.9. The Balaban J connectivity index is 1.93. The lowest BCUT2D eigenvalue weighted by Gasteiger charge is -2.30. The van der Waals surface area contributed by atoms with Crippen LogP contribution in [0.2, 0.25) is 0 Å². The Morgan fingerprint density at radius 3 is 2.63 bits per heavy atom. The molecular formula is C15H12BrFO2. The van der Waals surface area contributed by atoms with Gasteiger partial charge in [-0.2, -0.15) is 0 Å². The van der Waals surface area contributed by atoms with Crippen LogP contribution in [-0.4, -0.2) is 5.11 Å². The van der Waals surface area contributed by atoms with Crippen LogP contribution in [0.15, 0.2) is 46.9 Å². The molecule has 98 valence electrons. The van der Waals surface area contributed by atoms with E-state index in [2.05, 4.69) is 15.9 Å². The van der Waals surface area contributed by atoms with E-state index in [1.807, 2.05) is 18.2 Å². The van der Waals surface area contributed by atoms with Crippen LogP contribution >= 0.6 is 15.9 Å². The van der Waals surface area contributed by atoms with Crippen LogP contribution in [0.25, 0.3) is 0 Å². The van der Waals surface area contributed by atoms with Crippen molar-refractivity contribution >= 4 is 15.9 Å². The standard InChI is InChI=1S/C15H12BrFO2/c16-10-3-6-12-13(18)8-14(19-15(12)7-10)9-1-4-11(17)5-2-9/h1-7,13-14,18H,8H2. The third-order valence-electron chi connectivity index (χ3n) is 3.28. The third kappa shape index (κ3) is 2.51. The van der Waals surface area contributed by atoms with Crippen molar-refractivity contribution in [2.75, 3.05) is 0 Å². The minimum Gasteiger partial charge on any atom is -0.485 e. The molecule has 0 fully saturated rings. The van der Waals surface area contributed by atoms with Gasteiger partial charge in [-0.05, 0) is 29.8 Å². The predicted molar refractivity (Wildman–Crippen MR) is 73.5 cm³/mol. The lowest BCUT2D eigenvalue weighted by molar-refractivity contribution is 0.0656. The molecule has 2 aromatic carbocycles. The number of halogens is 2. The molecule has 0 radical (unpaired) electrons. The summed E-state index contributed by atoms with van der Waals surface area (Å²) in [5, 5.41) is 10.2. The minimum atomic E-state index is -0.563. The number of aliphatic hydroxyl groups excluding tert-OH is 1. The lowest BCUT2D eigenvalue weighted by atomic mass is 9.95. The second-order valence-electron chi connectivity index (χ2n) is 4.59. The molecule has 0 aliphatic carbocycles. The van der Waals surface area contributed by atoms with E-state index in [9.17, 15) is 9.50 Å². The highest BCUT2D eigenvalue weighted by Crippen LogP contribution is 2.41. The first-order valence-electron chi connectivity index (χ1n) is 6.03. The highest BCUT2D eigenvalue weighted by Gasteiger charge is 2.28. The molecule has 1 aliphatic heterocycles. The summed E-state index contributed by atoms with van der Waals surface area (Å²) in [4.78, 5) is 0. The Hall–Kier alpha value is -1.39. The lowest BCUT2D eigenvalue weighted by Crippen LogP contribution is -2.19. The molecule has 1 N–H and O–H groups in total. The molecule has 0 spiro atoms. The number of fused-ring (bicyclic) bond motifs is 1. The summed E-state index contributed by atoms with van der Waals surface area (Å²) in [7, 11) is 0. The molecule has 0 amide bonds. The highest BCUT2D eigenvalue weighted by atomic mass is 79.9. The molecule has 4 heteroatoms. The molecule has 0 bridgehead atoms. The number of hydrogen-bond acceptors (Lipinski definition) is 2. The van der Waals surface area contributed by atoms with E-state index in [4.69, 9.17) is 4.74 Å². The predicted octanol–water partition coefficient (Wildman–Crippen LogP) is 4.15. The van der Waals surface area contributed by atoms with Crippen molar-refractivity contribution in [3.05, 3.63) is 63.9 Å². The van der Waals surface area contributed by atoms with Crippen molar-refractivity contribution in [3.8, 4) is 5.75 Å². The molecule has 19 heavy (non-hydrogen) atoms. The van der Waals surface area contributed by atoms with E-state index in [1.54, 1.807) is 12.1 Å². The van der Waals surface area contributed by atoms with Crippen LogP contribution in [0.3, 0.4) is 0 Å². The van der Waals surface area contributed by atoms with E-state index >= 15 is 0 Å². The molecule has 2 unspecified atom stereocenters. The van der Waals surface area contributed by atoms with E-state index in [0.717, 1.165) is 15.6 Å². The van der Waals surface area contributed by atoms with Gasteiger partial charge in [0.15, 0.2) is 0 Å². The fourth-order valence-corrected chi connectivity index (χ4v) is 2.64. The zero-order valence-electron chi connectivity index (χ0n) is 10.0. The maximum Gasteiger partial charge on any atom is 0.127 e. The molecule has 1 heterocycles. The van der Waals surface area contributed by atoms with Crippen LogP contribution in [-0.2, 0) is 0 Å². The van der Waals surface area contributed by atoms with Crippen LogP contribution < -0.4 is 4.74 Å². The number of rotatable bonds is 1. The molecule has 1 aliphatic rings. The fraction of sp³-hybridized carbons (Fsp3) is 0.200. The van der Waals surface area contributed by atoms with Gasteiger partial charge in [0.05, 0.1) is 6.10 Å². The van der Waals surface area contributed by atoms with Crippen molar-refractivity contribution in [2.45, 2.75) is 18.6 Å². The highest BCUT2D eigenvalue weighted by molar-refractivity contribution is 9.10. The Morgan fingerprint density at radius 2 is 1.89 bits per heavy atom. The van der Waals surface area contributed by atoms with E-state index in [1.165, 1.54) is 12.1 Å². The average molecular weight is 323 g/mol. The van der Waals surface area contributed by atoms with Gasteiger partial charge in [0.1, 0.15) is 17.7 Å². The van der Waals surface area contributed by atoms with E-state index < -0.39 is 6.10 Å². The number of ether oxygens (including phenoxy) is 1. The van der Waals surface area contributed by atoms with Gasteiger partial charge in [-0.1, -0.05) is 34.1 Å². The summed E-state index contributed by atoms with van der Waals surface area (Å²) < 4.78 is 19.7. The normalized spacial score (nSPS) is 21.6. The summed E-state index contributed by atoms with van der Waals surface area (Å²) in [6.07, 6.45) is -0.343. The van der Waals surface area contributed by atoms with Crippen LogP contribution in [0.1, 0.15) is 29.8 Å². The summed E-state index contributed by atoms with van der Waals surface area (Å²) in [6.45, 7) is 0. The van der Waals surface area contributed by atoms with Gasteiger partial charge < -0.3 is 9.84 Å². The maximum atomic E-state index is 12.9. The van der Waals surface area contributed by atoms with Crippen molar-refractivity contribution < 1.29 is 14.2 Å². The van der Waals surface area contributed by atoms with Gasteiger partial charge in [0.25, 0.3) is 0 Å². The van der Waals surface area contributed by atoms with Crippen LogP contribution in [0, 0.1) is 5.82 Å². The summed E-state index contributed by atoms with van der Waals surface area (Å²) >= 11 is 3.38. The zero-order chi connectivity index (χ0) is 13.4. The first-order chi connectivity index (χ1) is 9.13. The van der Waals surface area contributed by atoms with Gasteiger partial charge >= 0.3 is 0 Å². The zero-order valence-corrected chi connectivity index (χ0v) is 11.6. The van der Waals surface area contributed by atoms with Crippen LogP contribution in [0.5, 0.6) is 5.75 Å². The largest absolute Gasteiger partial charge is 0.485 e. The molecule has 0 aromatic heterocycles. The van der Waals surface area contributed by atoms with Gasteiger partial charge in [0, 0.05) is 16.5 Å². The summed E-state index contributed by atoms with van der Waals surface area (Å²) in [6, 6.07) is 11.8. The summed E-state index contributed by atoms with van der Waals surface area (Å²) in [5.74, 6) is 0.394. The van der Waals surface area contributed by atoms with Crippen molar-refractivity contribution in [2.24, 2.45) is 0 Å². The van der Waals surface area contributed by atoms with E-state index in [0.29, 0.717) is 12.2 Å². The fourth-order valence-electron chi connectivity index (χ4n) is 2.30. The Bertz CT molecular complexity index is 598. The second kappa shape index (κ2) is 4.94. The molecular weight excluding hydrogens is 311 g/mol. The number of aliphatic hydroxyl groups is 1. The first-order valence-corrected chi connectivity index (χ1v) is 6.82. The second-order valence-corrected chi connectivity index (χ2v) is 5.51. The quantitative estimate of drug-likeness (QED) is 0.854. The van der Waals surface area contributed by atoms with Gasteiger partial charge in [0.2, 0.25) is 0 Å². The van der Waals surface area contributed by atoms with Gasteiger partial charge in [-0.3, -0.25) is 0 Å². The van der Waals surface area contributed by atoms with Gasteiger partial charge in [-0.15, -0.1) is 0 Å². The average Bonchev–Trinajstić information content (AvgIpc) is 2.38.